The minimum Gasteiger partial charge on any atom is -0.394 e. The number of aliphatic hydroxyl groups is 1. The molecule has 3 rings (SSSR count). The second kappa shape index (κ2) is 11.1. The van der Waals surface area contributed by atoms with Crippen LogP contribution in [0.25, 0.3) is 0 Å². The van der Waals surface area contributed by atoms with Gasteiger partial charge in [0.2, 0.25) is 11.8 Å². The van der Waals surface area contributed by atoms with Gasteiger partial charge < -0.3 is 25.4 Å². The number of anilines is 1. The lowest BCUT2D eigenvalue weighted by Crippen LogP contribution is -2.49. The Kier molecular flexibility index (Phi) is 8.22. The van der Waals surface area contributed by atoms with E-state index in [0.29, 0.717) is 6.42 Å². The Morgan fingerprint density at radius 1 is 1.07 bits per heavy atom. The van der Waals surface area contributed by atoms with E-state index in [1.54, 1.807) is 6.08 Å². The average molecular weight is 402 g/mol. The van der Waals surface area contributed by atoms with Crippen LogP contribution in [-0.2, 0) is 14.3 Å². The van der Waals surface area contributed by atoms with Crippen LogP contribution in [0.1, 0.15) is 32.1 Å². The number of hydrogen-bond donors (Lipinski definition) is 3. The zero-order chi connectivity index (χ0) is 20.5. The Morgan fingerprint density at radius 2 is 1.83 bits per heavy atom. The van der Waals surface area contributed by atoms with Crippen molar-refractivity contribution in [3.63, 3.8) is 0 Å². The van der Waals surface area contributed by atoms with Crippen molar-refractivity contribution in [3.05, 3.63) is 42.5 Å². The Balaban J connectivity index is 1.45. The van der Waals surface area contributed by atoms with Gasteiger partial charge in [-0.15, -0.1) is 0 Å². The number of likely N-dealkylation sites (tertiary alicyclic amines) is 1. The molecule has 29 heavy (non-hydrogen) atoms. The van der Waals surface area contributed by atoms with Crippen molar-refractivity contribution in [2.24, 2.45) is 0 Å². The predicted molar refractivity (Wildman–Crippen MR) is 111 cm³/mol. The maximum Gasteiger partial charge on any atom is 0.227 e. The summed E-state index contributed by atoms with van der Waals surface area (Å²) in [6.07, 6.45) is 6.87. The van der Waals surface area contributed by atoms with Gasteiger partial charge in [-0.05, 0) is 38.1 Å². The fraction of sp³-hybridized carbons (Fsp3) is 0.545. The summed E-state index contributed by atoms with van der Waals surface area (Å²) >= 11 is 0. The monoisotopic (exact) mass is 401 g/mol. The summed E-state index contributed by atoms with van der Waals surface area (Å²) in [4.78, 5) is 26.8. The summed E-state index contributed by atoms with van der Waals surface area (Å²) in [5.41, 5.74) is 0.731. The summed E-state index contributed by atoms with van der Waals surface area (Å²) in [5.74, 6) is -0.209. The molecule has 2 aliphatic heterocycles. The Morgan fingerprint density at radius 3 is 2.55 bits per heavy atom. The summed E-state index contributed by atoms with van der Waals surface area (Å²) in [5, 5.41) is 15.4. The largest absolute Gasteiger partial charge is 0.394 e. The molecule has 0 unspecified atom stereocenters. The molecule has 0 aliphatic carbocycles. The predicted octanol–water partition coefficient (Wildman–Crippen LogP) is 1.69. The summed E-state index contributed by atoms with van der Waals surface area (Å²) in [6, 6.07) is 8.85. The molecule has 0 saturated carbocycles. The van der Waals surface area contributed by atoms with Crippen molar-refractivity contribution < 1.29 is 19.4 Å². The number of benzene rings is 1. The highest BCUT2D eigenvalue weighted by Crippen LogP contribution is 2.17. The van der Waals surface area contributed by atoms with Gasteiger partial charge in [0, 0.05) is 18.7 Å². The number of aliphatic hydroxyl groups excluding tert-OH is 1. The number of piperidine rings is 1. The molecule has 0 aromatic heterocycles. The Bertz CT molecular complexity index is 689. The van der Waals surface area contributed by atoms with E-state index in [9.17, 15) is 14.7 Å². The van der Waals surface area contributed by atoms with Crippen molar-refractivity contribution in [1.82, 2.24) is 10.2 Å². The third-order valence-electron chi connectivity index (χ3n) is 5.34. The molecule has 3 atom stereocenters. The van der Waals surface area contributed by atoms with Gasteiger partial charge in [-0.1, -0.05) is 36.8 Å². The first kappa shape index (κ1) is 21.5. The molecular weight excluding hydrogens is 370 g/mol. The molecule has 2 heterocycles. The number of nitrogens with zero attached hydrogens (tertiary/aromatic N) is 1. The van der Waals surface area contributed by atoms with Crippen LogP contribution in [0, 0.1) is 0 Å². The van der Waals surface area contributed by atoms with Crippen molar-refractivity contribution in [2.45, 2.75) is 50.4 Å². The highest BCUT2D eigenvalue weighted by atomic mass is 16.5. The highest BCUT2D eigenvalue weighted by molar-refractivity contribution is 5.91. The maximum atomic E-state index is 12.3. The molecule has 3 N–H and O–H groups in total. The Hall–Kier alpha value is -2.22. The second-order valence-electron chi connectivity index (χ2n) is 7.64. The van der Waals surface area contributed by atoms with Crippen LogP contribution in [0.2, 0.25) is 0 Å². The molecule has 2 aliphatic rings. The number of para-hydroxylation sites is 1. The van der Waals surface area contributed by atoms with Gasteiger partial charge in [-0.3, -0.25) is 9.59 Å². The molecule has 7 heteroatoms. The van der Waals surface area contributed by atoms with Gasteiger partial charge >= 0.3 is 0 Å². The average Bonchev–Trinajstić information content (AvgIpc) is 2.74. The molecule has 0 radical (unpaired) electrons. The first-order chi connectivity index (χ1) is 14.1. The van der Waals surface area contributed by atoms with E-state index in [4.69, 9.17) is 4.74 Å². The molecule has 1 aromatic rings. The SMILES string of the molecule is O=C(C[C@H]1C=C[C@H](NC(=O)CCN2CCCCC2)[C@H](CO)O1)Nc1ccccc1. The second-order valence-corrected chi connectivity index (χ2v) is 7.64. The molecule has 1 saturated heterocycles. The van der Waals surface area contributed by atoms with E-state index in [0.717, 1.165) is 25.3 Å². The van der Waals surface area contributed by atoms with Gasteiger partial charge in [0.15, 0.2) is 0 Å². The summed E-state index contributed by atoms with van der Waals surface area (Å²) in [7, 11) is 0. The van der Waals surface area contributed by atoms with Crippen LogP contribution in [-0.4, -0.2) is 66.3 Å². The molecule has 2 amide bonds. The van der Waals surface area contributed by atoms with Crippen LogP contribution in [0.4, 0.5) is 5.69 Å². The number of rotatable bonds is 8. The quantitative estimate of drug-likeness (QED) is 0.577. The zero-order valence-corrected chi connectivity index (χ0v) is 16.8. The van der Waals surface area contributed by atoms with Crippen LogP contribution in [0.15, 0.2) is 42.5 Å². The van der Waals surface area contributed by atoms with Crippen LogP contribution in [0.5, 0.6) is 0 Å². The van der Waals surface area contributed by atoms with E-state index in [-0.39, 0.29) is 30.9 Å². The first-order valence-electron chi connectivity index (χ1n) is 10.5. The molecular formula is C22H31N3O4. The lowest BCUT2D eigenvalue weighted by molar-refractivity contribution is -0.126. The fourth-order valence-electron chi connectivity index (χ4n) is 3.75. The van der Waals surface area contributed by atoms with Crippen molar-refractivity contribution in [3.8, 4) is 0 Å². The highest BCUT2D eigenvalue weighted by Gasteiger charge is 2.29. The van der Waals surface area contributed by atoms with Crippen molar-refractivity contribution in [1.29, 1.82) is 0 Å². The molecule has 0 spiro atoms. The smallest absolute Gasteiger partial charge is 0.227 e. The number of carbonyl (C=O) groups excluding carboxylic acids is 2. The van der Waals surface area contributed by atoms with E-state index in [2.05, 4.69) is 15.5 Å². The molecule has 1 aromatic carbocycles. The first-order valence-corrected chi connectivity index (χ1v) is 10.5. The van der Waals surface area contributed by atoms with Gasteiger partial charge in [0.1, 0.15) is 6.10 Å². The number of amides is 2. The number of hydrogen-bond acceptors (Lipinski definition) is 5. The Labute approximate surface area is 172 Å². The maximum absolute atomic E-state index is 12.3. The molecule has 1 fully saturated rings. The molecule has 7 nitrogen and oxygen atoms in total. The van der Waals surface area contributed by atoms with Crippen molar-refractivity contribution in [2.75, 3.05) is 31.6 Å². The normalized spacial score (nSPS) is 24.8. The van der Waals surface area contributed by atoms with Gasteiger partial charge in [0.25, 0.3) is 0 Å². The number of nitrogens with one attached hydrogen (secondary N) is 2. The third kappa shape index (κ3) is 6.96. The minimum absolute atomic E-state index is 0.0486. The van der Waals surface area contributed by atoms with E-state index < -0.39 is 12.2 Å². The van der Waals surface area contributed by atoms with E-state index >= 15 is 0 Å². The fourth-order valence-corrected chi connectivity index (χ4v) is 3.75. The van der Waals surface area contributed by atoms with Gasteiger partial charge in [0.05, 0.1) is 25.2 Å². The van der Waals surface area contributed by atoms with Crippen LogP contribution < -0.4 is 10.6 Å². The molecule has 0 bridgehead atoms. The van der Waals surface area contributed by atoms with Crippen molar-refractivity contribution >= 4 is 17.5 Å². The summed E-state index contributed by atoms with van der Waals surface area (Å²) < 4.78 is 5.83. The van der Waals surface area contributed by atoms with Crippen LogP contribution >= 0.6 is 0 Å². The summed E-state index contributed by atoms with van der Waals surface area (Å²) in [6.45, 7) is 2.66. The zero-order valence-electron chi connectivity index (χ0n) is 16.8. The number of ether oxygens (including phenoxy) is 1. The van der Waals surface area contributed by atoms with E-state index in [1.165, 1.54) is 19.3 Å². The third-order valence-corrected chi connectivity index (χ3v) is 5.34. The van der Waals surface area contributed by atoms with E-state index in [1.807, 2.05) is 36.4 Å². The van der Waals surface area contributed by atoms with Gasteiger partial charge in [-0.25, -0.2) is 0 Å². The van der Waals surface area contributed by atoms with Gasteiger partial charge in [-0.2, -0.15) is 0 Å². The topological polar surface area (TPSA) is 90.9 Å². The molecule has 158 valence electrons. The number of carbonyl (C=O) groups is 2. The minimum atomic E-state index is -0.562. The van der Waals surface area contributed by atoms with Crippen LogP contribution in [0.3, 0.4) is 0 Å². The standard InChI is InChI=1S/C22H31N3O4/c26-16-20-19(24-21(27)11-14-25-12-5-2-6-13-25)10-9-18(29-20)15-22(28)23-17-7-3-1-4-8-17/h1,3-4,7-10,18-20,26H,2,5-6,11-16H2,(H,23,28)(H,24,27)/t18-,19+,20+/m1/s1. The lowest BCUT2D eigenvalue weighted by atomic mass is 10.0. The lowest BCUT2D eigenvalue weighted by Gasteiger charge is -2.32.